The average Bonchev–Trinajstić information content (AvgIpc) is 2.66. The van der Waals surface area contributed by atoms with Gasteiger partial charge >= 0.3 is 6.03 Å². The summed E-state index contributed by atoms with van der Waals surface area (Å²) < 4.78 is 5.18. The lowest BCUT2D eigenvalue weighted by molar-refractivity contribution is -0.312. The Bertz CT molecular complexity index is 1030. The van der Waals surface area contributed by atoms with E-state index in [1.807, 2.05) is 13.0 Å². The van der Waals surface area contributed by atoms with E-state index in [0.29, 0.717) is 17.0 Å². The number of aliphatic carboxylic acids is 1. The van der Waals surface area contributed by atoms with Crippen molar-refractivity contribution in [2.45, 2.75) is 20.0 Å². The van der Waals surface area contributed by atoms with Gasteiger partial charge < -0.3 is 14.6 Å². The molecule has 8 heteroatoms. The molecule has 1 atom stereocenters. The molecule has 0 spiro atoms. The first-order valence-electron chi connectivity index (χ1n) is 8.72. The molecule has 0 bridgehead atoms. The lowest BCUT2D eigenvalue weighted by Gasteiger charge is -2.26. The largest absolute Gasteiger partial charge is 0.546 e. The fraction of sp³-hybridized carbons (Fsp3) is 0.143. The minimum absolute atomic E-state index is 0.206. The van der Waals surface area contributed by atoms with E-state index in [-0.39, 0.29) is 5.57 Å². The summed E-state index contributed by atoms with van der Waals surface area (Å²) in [6.45, 7) is 3.16. The standard InChI is InChI=1S/C21H18N2O6/c1-12-4-3-5-15(10-12)23-19(25)17(18(24)22-21(23)28)11-14-6-8-16(9-7-14)29-13(2)20(26)27/h3-11,13H,1-2H3,(H,26,27)(H,22,24,28)/p-1/b17-11-/t13-/m1/s1. The molecule has 1 N–H and O–H groups in total. The van der Waals surface area contributed by atoms with E-state index in [1.54, 1.807) is 30.3 Å². The highest BCUT2D eigenvalue weighted by Gasteiger charge is 2.36. The summed E-state index contributed by atoms with van der Waals surface area (Å²) in [7, 11) is 0. The second-order valence-corrected chi connectivity index (χ2v) is 6.45. The molecular weight excluding hydrogens is 376 g/mol. The molecule has 2 aromatic rings. The highest BCUT2D eigenvalue weighted by atomic mass is 16.5. The monoisotopic (exact) mass is 393 g/mol. The number of anilines is 1. The summed E-state index contributed by atoms with van der Waals surface area (Å²) in [5, 5.41) is 12.9. The van der Waals surface area contributed by atoms with Crippen LogP contribution in [0.3, 0.4) is 0 Å². The lowest BCUT2D eigenvalue weighted by atomic mass is 10.1. The van der Waals surface area contributed by atoms with Gasteiger partial charge in [-0.05, 0) is 55.3 Å². The molecule has 0 unspecified atom stereocenters. The number of carbonyl (C=O) groups is 4. The molecule has 148 valence electrons. The zero-order valence-electron chi connectivity index (χ0n) is 15.7. The zero-order chi connectivity index (χ0) is 21.1. The van der Waals surface area contributed by atoms with Gasteiger partial charge in [0.25, 0.3) is 11.8 Å². The topological polar surface area (TPSA) is 116 Å². The Morgan fingerprint density at radius 1 is 1.14 bits per heavy atom. The van der Waals surface area contributed by atoms with Crippen molar-refractivity contribution in [2.24, 2.45) is 0 Å². The number of carboxylic acids is 1. The van der Waals surface area contributed by atoms with Gasteiger partial charge in [-0.2, -0.15) is 0 Å². The molecule has 1 saturated heterocycles. The van der Waals surface area contributed by atoms with Crippen molar-refractivity contribution in [1.29, 1.82) is 0 Å². The van der Waals surface area contributed by atoms with E-state index in [4.69, 9.17) is 4.74 Å². The Hall–Kier alpha value is -3.94. The molecule has 0 aliphatic carbocycles. The van der Waals surface area contributed by atoms with Gasteiger partial charge in [0.15, 0.2) is 0 Å². The van der Waals surface area contributed by atoms with Crippen LogP contribution in [-0.2, 0) is 14.4 Å². The number of barbiturate groups is 1. The normalized spacial score (nSPS) is 16.6. The predicted octanol–water partition coefficient (Wildman–Crippen LogP) is 1.18. The molecule has 0 radical (unpaired) electrons. The van der Waals surface area contributed by atoms with Crippen molar-refractivity contribution in [3.63, 3.8) is 0 Å². The van der Waals surface area contributed by atoms with E-state index in [9.17, 15) is 24.3 Å². The predicted molar refractivity (Wildman–Crippen MR) is 102 cm³/mol. The van der Waals surface area contributed by atoms with E-state index in [1.165, 1.54) is 25.1 Å². The molecule has 8 nitrogen and oxygen atoms in total. The van der Waals surface area contributed by atoms with Crippen LogP contribution >= 0.6 is 0 Å². The van der Waals surface area contributed by atoms with E-state index in [2.05, 4.69) is 5.32 Å². The molecule has 29 heavy (non-hydrogen) atoms. The second-order valence-electron chi connectivity index (χ2n) is 6.45. The number of carbonyl (C=O) groups excluding carboxylic acids is 4. The maximum atomic E-state index is 12.8. The quantitative estimate of drug-likeness (QED) is 0.602. The Labute approximate surface area is 166 Å². The molecular formula is C21H17N2O6-. The van der Waals surface area contributed by atoms with Crippen LogP contribution in [0.15, 0.2) is 54.1 Å². The number of urea groups is 1. The zero-order valence-corrected chi connectivity index (χ0v) is 15.7. The summed E-state index contributed by atoms with van der Waals surface area (Å²) in [4.78, 5) is 48.9. The third-order valence-electron chi connectivity index (χ3n) is 4.20. The van der Waals surface area contributed by atoms with Crippen LogP contribution in [-0.4, -0.2) is 29.9 Å². The SMILES string of the molecule is Cc1cccc(N2C(=O)NC(=O)/C(=C/c3ccc(O[C@H](C)C(=O)[O-])cc3)C2=O)c1. The molecule has 4 amide bonds. The van der Waals surface area contributed by atoms with Crippen molar-refractivity contribution in [1.82, 2.24) is 5.32 Å². The highest BCUT2D eigenvalue weighted by molar-refractivity contribution is 6.39. The Morgan fingerprint density at radius 3 is 2.45 bits per heavy atom. The van der Waals surface area contributed by atoms with Gasteiger partial charge in [-0.15, -0.1) is 0 Å². The maximum Gasteiger partial charge on any atom is 0.335 e. The maximum absolute atomic E-state index is 12.8. The molecule has 1 aliphatic heterocycles. The fourth-order valence-corrected chi connectivity index (χ4v) is 2.72. The van der Waals surface area contributed by atoms with E-state index < -0.39 is 29.9 Å². The number of carboxylic acid groups (broad SMARTS) is 1. The number of imide groups is 2. The Morgan fingerprint density at radius 2 is 1.83 bits per heavy atom. The molecule has 1 fully saturated rings. The lowest BCUT2D eigenvalue weighted by Crippen LogP contribution is -2.54. The summed E-state index contributed by atoms with van der Waals surface area (Å²) in [5.74, 6) is -2.59. The minimum atomic E-state index is -1.35. The molecule has 0 aromatic heterocycles. The van der Waals surface area contributed by atoms with Gasteiger partial charge in [0, 0.05) is 0 Å². The average molecular weight is 393 g/mol. The fourth-order valence-electron chi connectivity index (χ4n) is 2.72. The summed E-state index contributed by atoms with van der Waals surface area (Å²) in [5.41, 5.74) is 1.50. The Balaban J connectivity index is 1.87. The number of ether oxygens (including phenoxy) is 1. The summed E-state index contributed by atoms with van der Waals surface area (Å²) >= 11 is 0. The number of aryl methyl sites for hydroxylation is 1. The molecule has 3 rings (SSSR count). The van der Waals surface area contributed by atoms with Crippen LogP contribution in [0.5, 0.6) is 5.75 Å². The van der Waals surface area contributed by atoms with Crippen LogP contribution in [0.1, 0.15) is 18.1 Å². The number of nitrogens with one attached hydrogen (secondary N) is 1. The van der Waals surface area contributed by atoms with Crippen molar-refractivity contribution < 1.29 is 29.0 Å². The van der Waals surface area contributed by atoms with Gasteiger partial charge in [-0.1, -0.05) is 24.3 Å². The van der Waals surface area contributed by atoms with Gasteiger partial charge in [0.2, 0.25) is 0 Å². The van der Waals surface area contributed by atoms with Crippen LogP contribution in [0.25, 0.3) is 6.08 Å². The number of hydrogen-bond acceptors (Lipinski definition) is 6. The number of benzene rings is 2. The number of rotatable bonds is 5. The van der Waals surface area contributed by atoms with Crippen LogP contribution < -0.4 is 20.1 Å². The third-order valence-corrected chi connectivity index (χ3v) is 4.20. The van der Waals surface area contributed by atoms with Crippen LogP contribution in [0.2, 0.25) is 0 Å². The highest BCUT2D eigenvalue weighted by Crippen LogP contribution is 2.23. The third kappa shape index (κ3) is 4.32. The summed E-state index contributed by atoms with van der Waals surface area (Å²) in [6.07, 6.45) is 0.220. The first-order chi connectivity index (χ1) is 13.8. The smallest absolute Gasteiger partial charge is 0.335 e. The van der Waals surface area contributed by atoms with E-state index in [0.717, 1.165) is 10.5 Å². The van der Waals surface area contributed by atoms with Gasteiger partial charge in [0.1, 0.15) is 17.4 Å². The van der Waals surface area contributed by atoms with Gasteiger partial charge in [-0.25, -0.2) is 9.69 Å². The minimum Gasteiger partial charge on any atom is -0.546 e. The first kappa shape index (κ1) is 19.8. The number of hydrogen-bond donors (Lipinski definition) is 1. The Kier molecular flexibility index (Phi) is 5.45. The summed E-state index contributed by atoms with van der Waals surface area (Å²) in [6, 6.07) is 12.1. The first-order valence-corrected chi connectivity index (χ1v) is 8.72. The molecule has 1 heterocycles. The molecule has 2 aromatic carbocycles. The van der Waals surface area contributed by atoms with Crippen molar-refractivity contribution in [3.05, 3.63) is 65.2 Å². The second kappa shape index (κ2) is 7.97. The van der Waals surface area contributed by atoms with Gasteiger partial charge in [-0.3, -0.25) is 14.9 Å². The van der Waals surface area contributed by atoms with Crippen LogP contribution in [0, 0.1) is 6.92 Å². The van der Waals surface area contributed by atoms with Crippen molar-refractivity contribution >= 4 is 35.6 Å². The molecule has 0 saturated carbocycles. The van der Waals surface area contributed by atoms with Crippen molar-refractivity contribution in [3.8, 4) is 5.75 Å². The number of nitrogens with zero attached hydrogens (tertiary/aromatic N) is 1. The number of amides is 4. The van der Waals surface area contributed by atoms with Gasteiger partial charge in [0.05, 0.1) is 11.7 Å². The van der Waals surface area contributed by atoms with Crippen LogP contribution in [0.4, 0.5) is 10.5 Å². The van der Waals surface area contributed by atoms with E-state index >= 15 is 0 Å². The molecule has 1 aliphatic rings. The van der Waals surface area contributed by atoms with Crippen molar-refractivity contribution in [2.75, 3.05) is 4.90 Å².